The van der Waals surface area contributed by atoms with Crippen LogP contribution < -0.4 is 10.0 Å². The highest BCUT2D eigenvalue weighted by Gasteiger charge is 2.09. The Kier molecular flexibility index (Phi) is 9.85. The Bertz CT molecular complexity index is 744. The average molecular weight is 422 g/mol. The number of likely N-dealkylation sites (N-methyl/N-ethyl adjacent to an activating group) is 1. The lowest BCUT2D eigenvalue weighted by Gasteiger charge is -2.16. The number of benzene rings is 2. The molecule has 0 aromatic heterocycles. The molecule has 0 fully saturated rings. The van der Waals surface area contributed by atoms with E-state index in [9.17, 15) is 9.59 Å². The molecule has 0 spiro atoms. The summed E-state index contributed by atoms with van der Waals surface area (Å²) < 4.78 is 7.98. The monoisotopic (exact) mass is 421 g/mol. The number of ether oxygens (including phenoxy) is 1. The summed E-state index contributed by atoms with van der Waals surface area (Å²) in [6.45, 7) is 3.01. The first-order valence-corrected chi connectivity index (χ1v) is 10.0. The zero-order chi connectivity index (χ0) is 20.2. The standard InChI is InChI=1S/C20H24ClN3O3S/c1-24(15-16-5-3-2-4-6-16)12-14-27-13-11-22-20(26)23-28-19(25)17-7-9-18(21)10-8-17/h2-10H,11-15H2,1H3,(H2,22,23,26). The molecule has 0 radical (unpaired) electrons. The van der Waals surface area contributed by atoms with Crippen LogP contribution in [0, 0.1) is 0 Å². The third-order valence-corrected chi connectivity index (χ3v) is 4.72. The number of nitrogens with zero attached hydrogens (tertiary/aromatic N) is 1. The van der Waals surface area contributed by atoms with Crippen LogP contribution in [0.15, 0.2) is 54.6 Å². The normalized spacial score (nSPS) is 10.7. The van der Waals surface area contributed by atoms with E-state index < -0.39 is 6.03 Å². The quantitative estimate of drug-likeness (QED) is 0.478. The number of nitrogens with one attached hydrogen (secondary N) is 2. The molecule has 0 unspecified atom stereocenters. The topological polar surface area (TPSA) is 70.7 Å². The molecular weight excluding hydrogens is 398 g/mol. The first kappa shape index (κ1) is 22.2. The highest BCUT2D eigenvalue weighted by Crippen LogP contribution is 2.13. The van der Waals surface area contributed by atoms with E-state index in [0.29, 0.717) is 30.3 Å². The van der Waals surface area contributed by atoms with Crippen LogP contribution in [0.1, 0.15) is 15.9 Å². The molecule has 0 bridgehead atoms. The Hall–Kier alpha value is -2.06. The minimum Gasteiger partial charge on any atom is -0.378 e. The molecule has 2 aromatic carbocycles. The fourth-order valence-electron chi connectivity index (χ4n) is 2.31. The van der Waals surface area contributed by atoms with Gasteiger partial charge < -0.3 is 10.1 Å². The lowest BCUT2D eigenvalue weighted by atomic mass is 10.2. The molecule has 28 heavy (non-hydrogen) atoms. The van der Waals surface area contributed by atoms with Crippen molar-refractivity contribution in [3.05, 3.63) is 70.7 Å². The van der Waals surface area contributed by atoms with Gasteiger partial charge >= 0.3 is 6.03 Å². The molecule has 6 nitrogen and oxygen atoms in total. The molecule has 0 aliphatic heterocycles. The van der Waals surface area contributed by atoms with Gasteiger partial charge in [0.25, 0.3) is 0 Å². The Morgan fingerprint density at radius 3 is 2.50 bits per heavy atom. The number of rotatable bonds is 9. The van der Waals surface area contributed by atoms with Gasteiger partial charge in [0.2, 0.25) is 5.12 Å². The summed E-state index contributed by atoms with van der Waals surface area (Å²) in [6.07, 6.45) is 0. The number of hydrogen-bond acceptors (Lipinski definition) is 5. The van der Waals surface area contributed by atoms with Crippen LogP contribution in [-0.4, -0.2) is 49.4 Å². The van der Waals surface area contributed by atoms with Crippen LogP contribution in [-0.2, 0) is 11.3 Å². The fourth-order valence-corrected chi connectivity index (χ4v) is 2.94. The van der Waals surface area contributed by atoms with Gasteiger partial charge in [-0.05, 0) is 36.9 Å². The second kappa shape index (κ2) is 12.4. The van der Waals surface area contributed by atoms with E-state index in [-0.39, 0.29) is 5.12 Å². The van der Waals surface area contributed by atoms with Crippen LogP contribution in [0.25, 0.3) is 0 Å². The van der Waals surface area contributed by atoms with E-state index in [4.69, 9.17) is 16.3 Å². The van der Waals surface area contributed by atoms with Crippen LogP contribution in [0.3, 0.4) is 0 Å². The Balaban J connectivity index is 1.50. The van der Waals surface area contributed by atoms with Gasteiger partial charge in [0.1, 0.15) is 0 Å². The maximum absolute atomic E-state index is 11.9. The predicted octanol–water partition coefficient (Wildman–Crippen LogP) is 3.58. The molecule has 2 aromatic rings. The molecule has 0 aliphatic rings. The Morgan fingerprint density at radius 1 is 1.07 bits per heavy atom. The molecule has 2 rings (SSSR count). The van der Waals surface area contributed by atoms with Crippen molar-refractivity contribution in [2.45, 2.75) is 6.54 Å². The van der Waals surface area contributed by atoms with E-state index >= 15 is 0 Å². The summed E-state index contributed by atoms with van der Waals surface area (Å²) >= 11 is 6.50. The second-order valence-corrected chi connectivity index (χ2v) is 7.31. The molecule has 8 heteroatoms. The molecule has 2 N–H and O–H groups in total. The predicted molar refractivity (Wildman–Crippen MR) is 114 cm³/mol. The number of carbonyl (C=O) groups is 2. The minimum atomic E-state index is -0.433. The average Bonchev–Trinajstić information content (AvgIpc) is 2.70. The van der Waals surface area contributed by atoms with Crippen LogP contribution >= 0.6 is 23.5 Å². The third-order valence-electron chi connectivity index (χ3n) is 3.76. The van der Waals surface area contributed by atoms with Gasteiger partial charge in [-0.1, -0.05) is 41.9 Å². The third kappa shape index (κ3) is 8.75. The van der Waals surface area contributed by atoms with Crippen molar-refractivity contribution in [1.82, 2.24) is 14.9 Å². The van der Waals surface area contributed by atoms with Gasteiger partial charge in [0.05, 0.1) is 13.2 Å². The molecular formula is C20H24ClN3O3S. The first-order chi connectivity index (χ1) is 13.5. The highest BCUT2D eigenvalue weighted by molar-refractivity contribution is 8.12. The van der Waals surface area contributed by atoms with Crippen LogP contribution in [0.5, 0.6) is 0 Å². The van der Waals surface area contributed by atoms with E-state index in [1.165, 1.54) is 5.56 Å². The van der Waals surface area contributed by atoms with Crippen LogP contribution in [0.2, 0.25) is 5.02 Å². The van der Waals surface area contributed by atoms with Gasteiger partial charge in [-0.15, -0.1) is 0 Å². The number of carbonyl (C=O) groups excluding carboxylic acids is 2. The number of hydrogen-bond donors (Lipinski definition) is 2. The number of urea groups is 1. The lowest BCUT2D eigenvalue weighted by molar-refractivity contribution is 0.108. The largest absolute Gasteiger partial charge is 0.378 e. The van der Waals surface area contributed by atoms with Gasteiger partial charge in [-0.3, -0.25) is 14.4 Å². The Labute approximate surface area is 174 Å². The smallest absolute Gasteiger partial charge is 0.325 e. The molecule has 2 amide bonds. The summed E-state index contributed by atoms with van der Waals surface area (Å²) in [5.74, 6) is 0. The zero-order valence-corrected chi connectivity index (χ0v) is 17.3. The van der Waals surface area contributed by atoms with Gasteiger partial charge in [-0.25, -0.2) is 4.79 Å². The summed E-state index contributed by atoms with van der Waals surface area (Å²) in [5.41, 5.74) is 1.73. The molecule has 0 heterocycles. The summed E-state index contributed by atoms with van der Waals surface area (Å²) in [5, 5.41) is 2.94. The van der Waals surface area contributed by atoms with Gasteiger partial charge in [0, 0.05) is 42.2 Å². The van der Waals surface area contributed by atoms with Gasteiger partial charge in [-0.2, -0.15) is 0 Å². The van der Waals surface area contributed by atoms with Crippen molar-refractivity contribution in [2.24, 2.45) is 0 Å². The molecule has 0 saturated carbocycles. The van der Waals surface area contributed by atoms with E-state index in [1.54, 1.807) is 24.3 Å². The van der Waals surface area contributed by atoms with E-state index in [2.05, 4.69) is 27.1 Å². The minimum absolute atomic E-state index is 0.260. The number of amides is 2. The van der Waals surface area contributed by atoms with Crippen molar-refractivity contribution in [3.8, 4) is 0 Å². The van der Waals surface area contributed by atoms with E-state index in [0.717, 1.165) is 25.0 Å². The molecule has 0 aliphatic carbocycles. The van der Waals surface area contributed by atoms with Crippen molar-refractivity contribution in [1.29, 1.82) is 0 Å². The van der Waals surface area contributed by atoms with Crippen molar-refractivity contribution in [2.75, 3.05) is 33.4 Å². The first-order valence-electron chi connectivity index (χ1n) is 8.85. The highest BCUT2D eigenvalue weighted by atomic mass is 35.5. The van der Waals surface area contributed by atoms with Crippen LogP contribution in [0.4, 0.5) is 4.79 Å². The van der Waals surface area contributed by atoms with Crippen molar-refractivity contribution in [3.63, 3.8) is 0 Å². The summed E-state index contributed by atoms with van der Waals surface area (Å²) in [6, 6.07) is 16.3. The maximum Gasteiger partial charge on any atom is 0.325 e. The summed E-state index contributed by atoms with van der Waals surface area (Å²) in [4.78, 5) is 25.8. The van der Waals surface area contributed by atoms with Crippen molar-refractivity contribution >= 4 is 34.7 Å². The molecule has 150 valence electrons. The zero-order valence-electron chi connectivity index (χ0n) is 15.7. The van der Waals surface area contributed by atoms with E-state index in [1.807, 2.05) is 25.2 Å². The maximum atomic E-state index is 11.9. The second-order valence-electron chi connectivity index (χ2n) is 6.09. The fraction of sp³-hybridized carbons (Fsp3) is 0.300. The lowest BCUT2D eigenvalue weighted by Crippen LogP contribution is -2.34. The number of halogens is 1. The molecule has 0 atom stereocenters. The van der Waals surface area contributed by atoms with Gasteiger partial charge in [0.15, 0.2) is 0 Å². The SMILES string of the molecule is CN(CCOCCNC(=O)NSC(=O)c1ccc(Cl)cc1)Cc1ccccc1. The Morgan fingerprint density at radius 2 is 1.79 bits per heavy atom. The summed E-state index contributed by atoms with van der Waals surface area (Å²) in [7, 11) is 2.04. The van der Waals surface area contributed by atoms with Crippen molar-refractivity contribution < 1.29 is 14.3 Å². The molecule has 0 saturated heterocycles.